The second-order valence-electron chi connectivity index (χ2n) is 4.61. The quantitative estimate of drug-likeness (QED) is 0.725. The van der Waals surface area contributed by atoms with Crippen LogP contribution in [-0.4, -0.2) is 12.4 Å². The van der Waals surface area contributed by atoms with Gasteiger partial charge in [0.15, 0.2) is 12.4 Å². The van der Waals surface area contributed by atoms with Gasteiger partial charge in [-0.1, -0.05) is 51.3 Å². The Morgan fingerprint density at radius 2 is 2.00 bits per heavy atom. The minimum atomic E-state index is -0.0629. The van der Waals surface area contributed by atoms with Crippen molar-refractivity contribution in [1.82, 2.24) is 0 Å². The minimum Gasteiger partial charge on any atom is -0.484 e. The molecule has 0 N–H and O–H groups in total. The Hall–Kier alpha value is -1.32. The summed E-state index contributed by atoms with van der Waals surface area (Å²) < 4.78 is 6.46. The fraction of sp³-hybridized carbons (Fsp3) is 0.188. The highest BCUT2D eigenvalue weighted by atomic mass is 79.9. The molecule has 2 rings (SSSR count). The van der Waals surface area contributed by atoms with E-state index in [1.165, 1.54) is 0 Å². The van der Waals surface area contributed by atoms with Crippen molar-refractivity contribution in [2.24, 2.45) is 0 Å². The highest BCUT2D eigenvalue weighted by Gasteiger charge is 2.11. The van der Waals surface area contributed by atoms with Crippen LogP contribution in [0.15, 0.2) is 40.9 Å². The third-order valence-electron chi connectivity index (χ3n) is 2.88. The lowest BCUT2D eigenvalue weighted by Crippen LogP contribution is -2.12. The maximum atomic E-state index is 12.1. The standard InChI is InChI=1S/C16H14BrClO2/c1-10-4-3-5-12(6-10)15(19)9-20-16-11(2)7-13(17)8-14(16)18/h3-8H,9H2,1-2H3. The number of ketones is 1. The first-order valence-electron chi connectivity index (χ1n) is 6.15. The number of hydrogen-bond donors (Lipinski definition) is 0. The molecule has 0 aromatic heterocycles. The average Bonchev–Trinajstić information content (AvgIpc) is 2.37. The first kappa shape index (κ1) is 15.1. The largest absolute Gasteiger partial charge is 0.484 e. The number of hydrogen-bond acceptors (Lipinski definition) is 2. The van der Waals surface area contributed by atoms with Crippen molar-refractivity contribution in [2.75, 3.05) is 6.61 Å². The summed E-state index contributed by atoms with van der Waals surface area (Å²) in [6.07, 6.45) is 0. The molecule has 0 unspecified atom stereocenters. The normalized spacial score (nSPS) is 10.4. The van der Waals surface area contributed by atoms with Crippen LogP contribution in [0.2, 0.25) is 5.02 Å². The number of aryl methyl sites for hydroxylation is 2. The first-order valence-corrected chi connectivity index (χ1v) is 7.33. The molecule has 0 aliphatic carbocycles. The molecule has 0 saturated heterocycles. The molecule has 0 atom stereocenters. The molecule has 2 nitrogen and oxygen atoms in total. The summed E-state index contributed by atoms with van der Waals surface area (Å²) in [6.45, 7) is 3.82. The molecule has 0 aliphatic rings. The molecule has 104 valence electrons. The van der Waals surface area contributed by atoms with Crippen molar-refractivity contribution in [3.63, 3.8) is 0 Å². The third kappa shape index (κ3) is 3.62. The Bertz CT molecular complexity index is 630. The molecule has 4 heteroatoms. The van der Waals surface area contributed by atoms with E-state index in [9.17, 15) is 4.79 Å². The van der Waals surface area contributed by atoms with Crippen LogP contribution in [-0.2, 0) is 0 Å². The van der Waals surface area contributed by atoms with E-state index < -0.39 is 0 Å². The second-order valence-corrected chi connectivity index (χ2v) is 5.94. The second kappa shape index (κ2) is 6.42. The Balaban J connectivity index is 2.11. The molecular weight excluding hydrogens is 340 g/mol. The van der Waals surface area contributed by atoms with Crippen LogP contribution in [0.5, 0.6) is 5.75 Å². The maximum Gasteiger partial charge on any atom is 0.200 e. The van der Waals surface area contributed by atoms with Crippen molar-refractivity contribution in [2.45, 2.75) is 13.8 Å². The molecule has 2 aromatic rings. The van der Waals surface area contributed by atoms with Crippen molar-refractivity contribution in [3.05, 3.63) is 62.6 Å². The molecule has 20 heavy (non-hydrogen) atoms. The van der Waals surface area contributed by atoms with Gasteiger partial charge in [0.2, 0.25) is 0 Å². The molecule has 0 saturated carbocycles. The van der Waals surface area contributed by atoms with Gasteiger partial charge < -0.3 is 4.74 Å². The summed E-state index contributed by atoms with van der Waals surface area (Å²) in [4.78, 5) is 12.1. The molecule has 2 aromatic carbocycles. The number of ether oxygens (including phenoxy) is 1. The number of carbonyl (C=O) groups is 1. The summed E-state index contributed by atoms with van der Waals surface area (Å²) in [5, 5.41) is 0.494. The highest BCUT2D eigenvalue weighted by Crippen LogP contribution is 2.32. The van der Waals surface area contributed by atoms with Gasteiger partial charge in [0.05, 0.1) is 5.02 Å². The summed E-state index contributed by atoms with van der Waals surface area (Å²) in [7, 11) is 0. The van der Waals surface area contributed by atoms with Gasteiger partial charge in [0.25, 0.3) is 0 Å². The van der Waals surface area contributed by atoms with Crippen molar-refractivity contribution >= 4 is 33.3 Å². The van der Waals surface area contributed by atoms with E-state index in [1.54, 1.807) is 12.1 Å². The number of benzene rings is 2. The van der Waals surface area contributed by atoms with E-state index >= 15 is 0 Å². The molecule has 0 heterocycles. The lowest BCUT2D eigenvalue weighted by atomic mass is 10.1. The number of Topliss-reactive ketones (excluding diaryl/α,β-unsaturated/α-hetero) is 1. The number of halogens is 2. The lowest BCUT2D eigenvalue weighted by molar-refractivity contribution is 0.0921. The van der Waals surface area contributed by atoms with E-state index in [2.05, 4.69) is 15.9 Å². The Morgan fingerprint density at radius 3 is 2.65 bits per heavy atom. The zero-order valence-corrected chi connectivity index (χ0v) is 13.6. The van der Waals surface area contributed by atoms with Gasteiger partial charge in [-0.05, 0) is 37.6 Å². The Morgan fingerprint density at radius 1 is 1.25 bits per heavy atom. The van der Waals surface area contributed by atoms with Crippen LogP contribution in [0.4, 0.5) is 0 Å². The summed E-state index contributed by atoms with van der Waals surface area (Å²) in [5.41, 5.74) is 2.59. The fourth-order valence-corrected chi connectivity index (χ4v) is 2.94. The van der Waals surface area contributed by atoms with E-state index in [0.717, 1.165) is 15.6 Å². The van der Waals surface area contributed by atoms with E-state index in [4.69, 9.17) is 16.3 Å². The zero-order chi connectivity index (χ0) is 14.7. The van der Waals surface area contributed by atoms with E-state index in [-0.39, 0.29) is 12.4 Å². The lowest BCUT2D eigenvalue weighted by Gasteiger charge is -2.11. The fourth-order valence-electron chi connectivity index (χ4n) is 1.91. The van der Waals surface area contributed by atoms with Crippen LogP contribution >= 0.6 is 27.5 Å². The van der Waals surface area contributed by atoms with Crippen LogP contribution in [0.25, 0.3) is 0 Å². The maximum absolute atomic E-state index is 12.1. The van der Waals surface area contributed by atoms with Crippen LogP contribution in [0.1, 0.15) is 21.5 Å². The van der Waals surface area contributed by atoms with Gasteiger partial charge in [-0.25, -0.2) is 0 Å². The minimum absolute atomic E-state index is 0.0222. The van der Waals surface area contributed by atoms with Crippen molar-refractivity contribution < 1.29 is 9.53 Å². The summed E-state index contributed by atoms with van der Waals surface area (Å²) in [5.74, 6) is 0.489. The average molecular weight is 354 g/mol. The van der Waals surface area contributed by atoms with Gasteiger partial charge in [0.1, 0.15) is 5.75 Å². The van der Waals surface area contributed by atoms with Crippen LogP contribution < -0.4 is 4.74 Å². The SMILES string of the molecule is Cc1cccc(C(=O)COc2c(C)cc(Br)cc2Cl)c1. The molecule has 0 aliphatic heterocycles. The van der Waals surface area contributed by atoms with Crippen molar-refractivity contribution in [3.8, 4) is 5.75 Å². The predicted molar refractivity (Wildman–Crippen MR) is 84.9 cm³/mol. The van der Waals surface area contributed by atoms with Crippen molar-refractivity contribution in [1.29, 1.82) is 0 Å². The molecule has 0 fully saturated rings. The van der Waals surface area contributed by atoms with Gasteiger partial charge in [-0.3, -0.25) is 4.79 Å². The third-order valence-corrected chi connectivity index (χ3v) is 3.62. The predicted octanol–water partition coefficient (Wildman–Crippen LogP) is 4.98. The van der Waals surface area contributed by atoms with Gasteiger partial charge in [0, 0.05) is 10.0 Å². The zero-order valence-electron chi connectivity index (χ0n) is 11.2. The summed E-state index contributed by atoms with van der Waals surface area (Å²) in [6, 6.07) is 11.1. The van der Waals surface area contributed by atoms with E-state index in [0.29, 0.717) is 16.3 Å². The molecule has 0 amide bonds. The summed E-state index contributed by atoms with van der Waals surface area (Å²) >= 11 is 9.49. The number of rotatable bonds is 4. The van der Waals surface area contributed by atoms with Crippen LogP contribution in [0, 0.1) is 13.8 Å². The Kier molecular flexibility index (Phi) is 4.84. The monoisotopic (exact) mass is 352 g/mol. The molecule has 0 spiro atoms. The smallest absolute Gasteiger partial charge is 0.200 e. The van der Waals surface area contributed by atoms with Gasteiger partial charge >= 0.3 is 0 Å². The van der Waals surface area contributed by atoms with E-state index in [1.807, 2.05) is 38.1 Å². The highest BCUT2D eigenvalue weighted by molar-refractivity contribution is 9.10. The molecule has 0 radical (unpaired) electrons. The molecule has 0 bridgehead atoms. The van der Waals surface area contributed by atoms with Gasteiger partial charge in [-0.15, -0.1) is 0 Å². The molecular formula is C16H14BrClO2. The topological polar surface area (TPSA) is 26.3 Å². The van der Waals surface area contributed by atoms with Gasteiger partial charge in [-0.2, -0.15) is 0 Å². The van der Waals surface area contributed by atoms with Crippen LogP contribution in [0.3, 0.4) is 0 Å². The first-order chi connectivity index (χ1) is 9.47. The number of carbonyl (C=O) groups excluding carboxylic acids is 1. The Labute approximate surface area is 131 Å².